The van der Waals surface area contributed by atoms with Crippen molar-refractivity contribution in [2.75, 3.05) is 13.1 Å². The Morgan fingerprint density at radius 1 is 1.47 bits per heavy atom. The van der Waals surface area contributed by atoms with Gasteiger partial charge in [-0.15, -0.1) is 0 Å². The van der Waals surface area contributed by atoms with Crippen molar-refractivity contribution in [3.05, 3.63) is 27.9 Å². The molecule has 0 bridgehead atoms. The molecule has 0 saturated carbocycles. The molecular weight excluding hydrogens is 214 g/mol. The number of rotatable bonds is 1. The molecule has 1 aromatic rings. The van der Waals surface area contributed by atoms with Crippen LogP contribution >= 0.6 is 0 Å². The Balaban J connectivity index is 1.99. The maximum atomic E-state index is 12.1. The van der Waals surface area contributed by atoms with Crippen molar-refractivity contribution in [1.29, 1.82) is 0 Å². The van der Waals surface area contributed by atoms with Gasteiger partial charge in [-0.1, -0.05) is 6.92 Å². The molecule has 4 heteroatoms. The van der Waals surface area contributed by atoms with Crippen molar-refractivity contribution in [2.45, 2.75) is 38.6 Å². The molecule has 1 aromatic heterocycles. The maximum Gasteiger partial charge on any atom is 0.253 e. The lowest BCUT2D eigenvalue weighted by molar-refractivity contribution is 0.391. The van der Waals surface area contributed by atoms with Crippen LogP contribution in [0.4, 0.5) is 0 Å². The van der Waals surface area contributed by atoms with Gasteiger partial charge in [-0.25, -0.2) is 4.98 Å². The van der Waals surface area contributed by atoms with Crippen LogP contribution in [0.5, 0.6) is 0 Å². The van der Waals surface area contributed by atoms with Gasteiger partial charge in [0.1, 0.15) is 5.82 Å². The Hall–Kier alpha value is -1.16. The Bertz CT molecular complexity index is 474. The third kappa shape index (κ3) is 2.02. The second-order valence-corrected chi connectivity index (χ2v) is 5.37. The van der Waals surface area contributed by atoms with Crippen molar-refractivity contribution in [3.8, 4) is 0 Å². The summed E-state index contributed by atoms with van der Waals surface area (Å²) in [4.78, 5) is 16.8. The van der Waals surface area contributed by atoms with Gasteiger partial charge in [0.25, 0.3) is 5.56 Å². The Kier molecular flexibility index (Phi) is 2.74. The molecule has 3 rings (SSSR count). The standard InChI is InChI=1S/C13H19N3O/c1-9-3-5-16-12(6-9)15-11(7-13(16)17)10-2-4-14-8-10/h7,9-10,14H,2-6,8H2,1H3. The summed E-state index contributed by atoms with van der Waals surface area (Å²) in [7, 11) is 0. The number of nitrogens with zero attached hydrogens (tertiary/aromatic N) is 2. The normalized spacial score (nSPS) is 28.1. The molecule has 4 nitrogen and oxygen atoms in total. The highest BCUT2D eigenvalue weighted by atomic mass is 16.1. The molecule has 0 amide bonds. The van der Waals surface area contributed by atoms with Crippen LogP contribution in [0.3, 0.4) is 0 Å². The van der Waals surface area contributed by atoms with Crippen molar-refractivity contribution >= 4 is 0 Å². The molecule has 2 aliphatic rings. The first kappa shape index (κ1) is 11.0. The van der Waals surface area contributed by atoms with E-state index in [0.29, 0.717) is 11.8 Å². The van der Waals surface area contributed by atoms with E-state index in [4.69, 9.17) is 4.98 Å². The van der Waals surface area contributed by atoms with Crippen LogP contribution in [0.15, 0.2) is 10.9 Å². The fourth-order valence-electron chi connectivity index (χ4n) is 2.85. The molecule has 1 fully saturated rings. The van der Waals surface area contributed by atoms with Gasteiger partial charge < -0.3 is 5.32 Å². The molecule has 92 valence electrons. The highest BCUT2D eigenvalue weighted by Gasteiger charge is 2.23. The smallest absolute Gasteiger partial charge is 0.253 e. The number of aromatic nitrogens is 2. The average Bonchev–Trinajstić information content (AvgIpc) is 2.81. The fourth-order valence-corrected chi connectivity index (χ4v) is 2.85. The minimum Gasteiger partial charge on any atom is -0.316 e. The zero-order valence-electron chi connectivity index (χ0n) is 10.3. The van der Waals surface area contributed by atoms with Gasteiger partial charge in [0.2, 0.25) is 0 Å². The van der Waals surface area contributed by atoms with Crippen LogP contribution in [-0.2, 0) is 13.0 Å². The van der Waals surface area contributed by atoms with Crippen molar-refractivity contribution < 1.29 is 0 Å². The van der Waals surface area contributed by atoms with Crippen LogP contribution < -0.4 is 10.9 Å². The zero-order valence-corrected chi connectivity index (χ0v) is 10.3. The quantitative estimate of drug-likeness (QED) is 0.784. The van der Waals surface area contributed by atoms with Gasteiger partial charge in [-0.2, -0.15) is 0 Å². The van der Waals surface area contributed by atoms with Crippen LogP contribution in [0.1, 0.15) is 37.2 Å². The summed E-state index contributed by atoms with van der Waals surface area (Å²) >= 11 is 0. The van der Waals surface area contributed by atoms with E-state index >= 15 is 0 Å². The second kappa shape index (κ2) is 4.26. The van der Waals surface area contributed by atoms with Gasteiger partial charge in [0.15, 0.2) is 0 Å². The lowest BCUT2D eigenvalue weighted by atomic mass is 9.98. The zero-order chi connectivity index (χ0) is 11.8. The van der Waals surface area contributed by atoms with Crippen LogP contribution in [0, 0.1) is 5.92 Å². The highest BCUT2D eigenvalue weighted by Crippen LogP contribution is 2.22. The summed E-state index contributed by atoms with van der Waals surface area (Å²) in [5.41, 5.74) is 1.14. The van der Waals surface area contributed by atoms with Crippen LogP contribution in [-0.4, -0.2) is 22.6 Å². The number of fused-ring (bicyclic) bond motifs is 1. The monoisotopic (exact) mass is 233 g/mol. The maximum absolute atomic E-state index is 12.1. The first-order valence-corrected chi connectivity index (χ1v) is 6.55. The fraction of sp³-hybridized carbons (Fsp3) is 0.692. The molecule has 2 unspecified atom stereocenters. The summed E-state index contributed by atoms with van der Waals surface area (Å²) in [6.45, 7) is 5.08. The second-order valence-electron chi connectivity index (χ2n) is 5.37. The lowest BCUT2D eigenvalue weighted by Gasteiger charge is -2.23. The first-order valence-electron chi connectivity index (χ1n) is 6.55. The van der Waals surface area contributed by atoms with E-state index in [1.165, 1.54) is 0 Å². The molecule has 0 spiro atoms. The largest absolute Gasteiger partial charge is 0.316 e. The summed E-state index contributed by atoms with van der Waals surface area (Å²) in [5, 5.41) is 3.33. The first-order chi connectivity index (χ1) is 8.24. The molecular formula is C13H19N3O. The van der Waals surface area contributed by atoms with Crippen LogP contribution in [0.2, 0.25) is 0 Å². The summed E-state index contributed by atoms with van der Waals surface area (Å²) in [6, 6.07) is 1.75. The van der Waals surface area contributed by atoms with Crippen molar-refractivity contribution in [2.24, 2.45) is 5.92 Å². The topological polar surface area (TPSA) is 46.9 Å². The van der Waals surface area contributed by atoms with Gasteiger partial charge in [0.05, 0.1) is 5.69 Å². The average molecular weight is 233 g/mol. The molecule has 0 radical (unpaired) electrons. The van der Waals surface area contributed by atoms with E-state index in [2.05, 4.69) is 12.2 Å². The summed E-state index contributed by atoms with van der Waals surface area (Å²) < 4.78 is 1.85. The lowest BCUT2D eigenvalue weighted by Crippen LogP contribution is -2.31. The Morgan fingerprint density at radius 3 is 3.12 bits per heavy atom. The third-order valence-electron chi connectivity index (χ3n) is 3.96. The van der Waals surface area contributed by atoms with E-state index in [0.717, 1.165) is 50.4 Å². The van der Waals surface area contributed by atoms with Gasteiger partial charge in [0, 0.05) is 31.5 Å². The Labute approximate surface area is 101 Å². The Morgan fingerprint density at radius 2 is 2.35 bits per heavy atom. The van der Waals surface area contributed by atoms with Crippen molar-refractivity contribution in [3.63, 3.8) is 0 Å². The highest BCUT2D eigenvalue weighted by molar-refractivity contribution is 5.13. The molecule has 0 aromatic carbocycles. The SMILES string of the molecule is CC1CCn2c(nc(C3CCNC3)cc2=O)C1. The molecule has 3 heterocycles. The van der Waals surface area contributed by atoms with E-state index < -0.39 is 0 Å². The summed E-state index contributed by atoms with van der Waals surface area (Å²) in [6.07, 6.45) is 3.15. The van der Waals surface area contributed by atoms with E-state index in [-0.39, 0.29) is 5.56 Å². The minimum atomic E-state index is 0.142. The van der Waals surface area contributed by atoms with Gasteiger partial charge in [-0.3, -0.25) is 9.36 Å². The number of hydrogen-bond donors (Lipinski definition) is 1. The third-order valence-corrected chi connectivity index (χ3v) is 3.96. The summed E-state index contributed by atoms with van der Waals surface area (Å²) in [5.74, 6) is 2.09. The molecule has 2 atom stereocenters. The molecule has 17 heavy (non-hydrogen) atoms. The molecule has 0 aliphatic carbocycles. The van der Waals surface area contributed by atoms with Crippen molar-refractivity contribution in [1.82, 2.24) is 14.9 Å². The van der Waals surface area contributed by atoms with Crippen LogP contribution in [0.25, 0.3) is 0 Å². The van der Waals surface area contributed by atoms with E-state index in [1.54, 1.807) is 6.07 Å². The molecule has 1 N–H and O–H groups in total. The minimum absolute atomic E-state index is 0.142. The molecule has 2 aliphatic heterocycles. The van der Waals surface area contributed by atoms with Gasteiger partial charge >= 0.3 is 0 Å². The number of nitrogens with one attached hydrogen (secondary N) is 1. The van der Waals surface area contributed by atoms with Gasteiger partial charge in [-0.05, 0) is 25.3 Å². The molecule has 1 saturated heterocycles. The predicted molar refractivity (Wildman–Crippen MR) is 66.2 cm³/mol. The number of hydrogen-bond acceptors (Lipinski definition) is 3. The predicted octanol–water partition coefficient (Wildman–Crippen LogP) is 0.903. The van der Waals surface area contributed by atoms with E-state index in [1.807, 2.05) is 4.57 Å². The van der Waals surface area contributed by atoms with E-state index in [9.17, 15) is 4.79 Å².